The van der Waals surface area contributed by atoms with E-state index in [9.17, 15) is 0 Å². The molecule has 15 aromatic carbocycles. The smallest absolute Gasteiger partial charge is 0.297 e. The van der Waals surface area contributed by atoms with Gasteiger partial charge in [-0.05, 0) is 360 Å². The molecule has 23 rings (SSSR count). The van der Waals surface area contributed by atoms with Crippen LogP contribution in [0.2, 0.25) is 0 Å². The summed E-state index contributed by atoms with van der Waals surface area (Å²) in [4.78, 5) is 13.2. The second-order valence-corrected chi connectivity index (χ2v) is 36.7. The molecule has 0 spiro atoms. The molecule has 8 nitrogen and oxygen atoms in total. The Morgan fingerprint density at radius 2 is 0.520 bits per heavy atom. The van der Waals surface area contributed by atoms with Crippen molar-refractivity contribution in [2.45, 2.75) is 125 Å². The van der Waals surface area contributed by atoms with Gasteiger partial charge in [-0.1, -0.05) is 179 Å². The zero-order chi connectivity index (χ0) is 84.2. The van der Waals surface area contributed by atoms with Crippen molar-refractivity contribution in [3.8, 4) is 33.4 Å². The maximum Gasteiger partial charge on any atom is 0.297 e. The second-order valence-electron chi connectivity index (χ2n) is 36.7. The van der Waals surface area contributed by atoms with Gasteiger partial charge < -0.3 is 38.7 Å². The summed E-state index contributed by atoms with van der Waals surface area (Å²) in [6, 6.07) is 93.9. The largest absolute Gasteiger partial charge is 0.468 e. The van der Waals surface area contributed by atoms with Gasteiger partial charge in [0.05, 0.1) is 39.8 Å². The van der Waals surface area contributed by atoms with Gasteiger partial charge in [0.1, 0.15) is 11.2 Å². The fourth-order valence-corrected chi connectivity index (χ4v) is 24.1. The molecule has 11 heteroatoms. The van der Waals surface area contributed by atoms with Gasteiger partial charge in [-0.2, -0.15) is 0 Å². The van der Waals surface area contributed by atoms with Gasteiger partial charge in [-0.25, -0.2) is 0 Å². The number of nitrogens with one attached hydrogen (secondary N) is 1. The quantitative estimate of drug-likeness (QED) is 0.151. The van der Waals surface area contributed by atoms with Crippen molar-refractivity contribution in [1.29, 1.82) is 0 Å². The first-order valence-corrected chi connectivity index (χ1v) is 43.7. The SMILES string of the molecule is Cc1cc(C)c(-c2cc3c4c(c2)N(c2ccccc2)c2c(oc5ccccc25)B4c2cc4c(cc2N3)N(c2c(C)cc(C)cc2C)c2cc(-c3c(C)cc(C)cc3C)cc3c2B4c2cc4c(cc2N3c2c(C)cc(C)cc2C)N(c2c(C)cc(C)cc2C)c2cc(-c3c(C)cc(C)cc3C)cc3c2B4c2oc4ccccc4c2N3c2ccccc2)c(C)c1. The van der Waals surface area contributed by atoms with Crippen LogP contribution in [-0.4, -0.2) is 20.1 Å². The number of furan rings is 2. The van der Waals surface area contributed by atoms with Crippen LogP contribution in [0.1, 0.15) is 100 Å². The molecular formula is C112H95B3N6O2. The minimum absolute atomic E-state index is 0.357. The number of aryl methyl sites for hydroxylation is 18. The molecule has 17 aromatic rings. The lowest BCUT2D eigenvalue weighted by atomic mass is 9.29. The van der Waals surface area contributed by atoms with Crippen LogP contribution in [0, 0.1) is 125 Å². The van der Waals surface area contributed by atoms with Gasteiger partial charge in [0, 0.05) is 79.0 Å². The summed E-state index contributed by atoms with van der Waals surface area (Å²) in [5, 5.41) is 6.52. The Bertz CT molecular complexity index is 7440. The van der Waals surface area contributed by atoms with Crippen molar-refractivity contribution < 1.29 is 8.83 Å². The van der Waals surface area contributed by atoms with Crippen molar-refractivity contribution in [2.75, 3.05) is 29.8 Å². The molecule has 0 bridgehead atoms. The molecule has 0 aliphatic carbocycles. The lowest BCUT2D eigenvalue weighted by Gasteiger charge is -2.48. The number of fused-ring (bicyclic) bond motifs is 16. The number of anilines is 17. The Morgan fingerprint density at radius 3 is 0.902 bits per heavy atom. The highest BCUT2D eigenvalue weighted by molar-refractivity contribution is 7.04. The molecule has 0 saturated carbocycles. The summed E-state index contributed by atoms with van der Waals surface area (Å²) in [5.41, 5.74) is 60.2. The van der Waals surface area contributed by atoms with E-state index >= 15 is 0 Å². The Kier molecular flexibility index (Phi) is 16.3. The first-order valence-electron chi connectivity index (χ1n) is 43.7. The average molecular weight is 1590 g/mol. The van der Waals surface area contributed by atoms with Crippen molar-refractivity contribution in [1.82, 2.24) is 0 Å². The molecule has 0 fully saturated rings. The zero-order valence-electron chi connectivity index (χ0n) is 73.4. The summed E-state index contributed by atoms with van der Waals surface area (Å²) in [5.74, 6) is 0. The Balaban J connectivity index is 0.892. The van der Waals surface area contributed by atoms with Gasteiger partial charge in [0.15, 0.2) is 0 Å². The molecule has 0 atom stereocenters. The van der Waals surface area contributed by atoms with Crippen LogP contribution < -0.4 is 79.4 Å². The van der Waals surface area contributed by atoms with Gasteiger partial charge >= 0.3 is 0 Å². The van der Waals surface area contributed by atoms with Crippen LogP contribution in [0.3, 0.4) is 0 Å². The Labute approximate surface area is 723 Å². The number of para-hydroxylation sites is 4. The molecule has 123 heavy (non-hydrogen) atoms. The van der Waals surface area contributed by atoms with Crippen LogP contribution in [0.25, 0.3) is 55.3 Å². The molecule has 594 valence electrons. The third-order valence-electron chi connectivity index (χ3n) is 27.8. The Hall–Kier alpha value is -13.6. The van der Waals surface area contributed by atoms with Crippen molar-refractivity contribution >= 4 is 188 Å². The van der Waals surface area contributed by atoms with E-state index in [0.717, 1.165) is 124 Å². The van der Waals surface area contributed by atoms with Crippen LogP contribution in [-0.2, 0) is 0 Å². The number of nitrogens with zero attached hydrogens (tertiary/aromatic N) is 5. The van der Waals surface area contributed by atoms with Crippen molar-refractivity contribution in [2.24, 2.45) is 0 Å². The van der Waals surface area contributed by atoms with Crippen LogP contribution >= 0.6 is 0 Å². The topological polar surface area (TPSA) is 54.5 Å². The average Bonchev–Trinajstić information content (AvgIpc) is 1.59. The summed E-state index contributed by atoms with van der Waals surface area (Å²) in [6.07, 6.45) is 0. The van der Waals surface area contributed by atoms with Crippen molar-refractivity contribution in [3.63, 3.8) is 0 Å². The number of benzene rings is 15. The highest BCUT2D eigenvalue weighted by Gasteiger charge is 2.53. The predicted molar refractivity (Wildman–Crippen MR) is 525 cm³/mol. The minimum Gasteiger partial charge on any atom is -0.468 e. The zero-order valence-corrected chi connectivity index (χ0v) is 73.4. The second kappa shape index (κ2) is 26.9. The molecule has 6 aliphatic heterocycles. The summed E-state index contributed by atoms with van der Waals surface area (Å²) in [7, 11) is 0. The maximum atomic E-state index is 7.84. The van der Waals surface area contributed by atoms with Gasteiger partial charge in [-0.15, -0.1) is 0 Å². The number of rotatable bonds is 8. The third kappa shape index (κ3) is 10.8. The molecule has 8 heterocycles. The molecule has 1 N–H and O–H groups in total. The molecule has 6 aliphatic rings. The fourth-order valence-electron chi connectivity index (χ4n) is 24.1. The van der Waals surface area contributed by atoms with Crippen LogP contribution in [0.4, 0.5) is 96.7 Å². The van der Waals surface area contributed by atoms with E-state index in [1.54, 1.807) is 0 Å². The van der Waals surface area contributed by atoms with Gasteiger partial charge in [0.2, 0.25) is 0 Å². The highest BCUT2D eigenvalue weighted by Crippen LogP contribution is 2.56. The first kappa shape index (κ1) is 74.4. The molecular weight excluding hydrogens is 1490 g/mol. The summed E-state index contributed by atoms with van der Waals surface area (Å²) in [6.45, 7) is 40.1. The minimum atomic E-state index is -0.403. The summed E-state index contributed by atoms with van der Waals surface area (Å²) >= 11 is 0. The van der Waals surface area contributed by atoms with Gasteiger partial charge in [-0.3, -0.25) is 0 Å². The van der Waals surface area contributed by atoms with Crippen LogP contribution in [0.5, 0.6) is 0 Å². The molecule has 0 amide bonds. The highest BCUT2D eigenvalue weighted by atomic mass is 16.3. The lowest BCUT2D eigenvalue weighted by Crippen LogP contribution is -2.66. The number of hydrogen-bond donors (Lipinski definition) is 1. The third-order valence-corrected chi connectivity index (χ3v) is 27.8. The Morgan fingerprint density at radius 1 is 0.228 bits per heavy atom. The summed E-state index contributed by atoms with van der Waals surface area (Å²) < 4.78 is 15.5. The molecule has 0 unspecified atom stereocenters. The molecule has 0 radical (unpaired) electrons. The van der Waals surface area contributed by atoms with Crippen LogP contribution in [0.15, 0.2) is 251 Å². The maximum absolute atomic E-state index is 7.84. The predicted octanol–water partition coefficient (Wildman–Crippen LogP) is 24.3. The normalized spacial score (nSPS) is 13.5. The monoisotopic (exact) mass is 1590 g/mol. The number of hydrogen-bond acceptors (Lipinski definition) is 8. The van der Waals surface area contributed by atoms with E-state index in [4.69, 9.17) is 8.83 Å². The molecule has 2 aromatic heterocycles. The van der Waals surface area contributed by atoms with Gasteiger partial charge in [0.25, 0.3) is 20.1 Å². The van der Waals surface area contributed by atoms with E-state index < -0.39 is 6.71 Å². The van der Waals surface area contributed by atoms with E-state index in [-0.39, 0.29) is 13.4 Å². The molecule has 0 saturated heterocycles. The van der Waals surface area contributed by atoms with E-state index in [1.807, 2.05) is 0 Å². The van der Waals surface area contributed by atoms with E-state index in [2.05, 4.69) is 397 Å². The van der Waals surface area contributed by atoms with E-state index in [1.165, 1.54) is 178 Å². The standard InChI is InChI=1S/C112H95B3N6O2/c1-59-37-65(7)100(66(8)38-59)77-49-89-103-93(50-77)117(80-29-21-19-22-30-80)109-82-33-25-27-35-98(82)122-111(109)114(103)84-55-85-90(57-88(84)116-89)119(106-71(13)43-62(4)44-72(106)14)95-52-79(102-69(11)41-61(3)42-70(102)12)53-96-104(95)113(85)86-56-87-92(58-91(86)120(96)107-73(15)45-63(5)46-74(107)16)121(108-75(17)47-64(6)48-76(108)18)97-54-78(101-67(9)39-60(2)40-68(101)10)51-94-105(97)115(87)112-110(83-34-26-28-36-99(83)123-112)118(94)81-31-23-20-24-32-81/h19-58,116H,1-18H3. The lowest BCUT2D eigenvalue weighted by molar-refractivity contribution is 0.651. The first-order chi connectivity index (χ1) is 59.4. The fraction of sp³-hybridized carbons (Fsp3) is 0.161. The van der Waals surface area contributed by atoms with Crippen molar-refractivity contribution in [3.05, 3.63) is 343 Å². The van der Waals surface area contributed by atoms with E-state index in [0.29, 0.717) is 0 Å².